The highest BCUT2D eigenvalue weighted by molar-refractivity contribution is 5.82. The van der Waals surface area contributed by atoms with Crippen molar-refractivity contribution in [2.24, 2.45) is 7.05 Å². The van der Waals surface area contributed by atoms with Gasteiger partial charge in [0, 0.05) is 37.8 Å². The van der Waals surface area contributed by atoms with Crippen molar-refractivity contribution in [1.82, 2.24) is 9.47 Å². The molecule has 1 atom stereocenters. The minimum atomic E-state index is -1.04. The maximum absolute atomic E-state index is 13.4. The fourth-order valence-corrected chi connectivity index (χ4v) is 4.29. The van der Waals surface area contributed by atoms with E-state index in [0.717, 1.165) is 0 Å². The van der Waals surface area contributed by atoms with Crippen molar-refractivity contribution in [1.29, 1.82) is 0 Å². The highest BCUT2D eigenvalue weighted by atomic mass is 16.5. The molecule has 2 aromatic heterocycles. The average molecular weight is 485 g/mol. The van der Waals surface area contributed by atoms with Gasteiger partial charge in [-0.05, 0) is 23.6 Å². The van der Waals surface area contributed by atoms with Crippen LogP contribution in [0.15, 0.2) is 44.3 Å². The highest BCUT2D eigenvalue weighted by Gasteiger charge is 2.30. The number of aromatic nitrogens is 1. The number of carbonyl (C=O) groups is 1. The van der Waals surface area contributed by atoms with Crippen molar-refractivity contribution in [3.05, 3.63) is 68.0 Å². The molecular formula is C25H28N2O8. The molecule has 0 amide bonds. The summed E-state index contributed by atoms with van der Waals surface area (Å²) in [7, 11) is 4.37. The van der Waals surface area contributed by atoms with Gasteiger partial charge in [-0.1, -0.05) is 0 Å². The van der Waals surface area contributed by atoms with Crippen molar-refractivity contribution >= 4 is 16.9 Å². The number of aryl methyl sites for hydroxylation is 1. The van der Waals surface area contributed by atoms with Gasteiger partial charge in [0.1, 0.15) is 11.5 Å². The van der Waals surface area contributed by atoms with Crippen LogP contribution in [0.5, 0.6) is 11.5 Å². The van der Waals surface area contributed by atoms with Crippen molar-refractivity contribution in [2.45, 2.75) is 18.9 Å². The van der Waals surface area contributed by atoms with E-state index in [4.69, 9.17) is 18.6 Å². The maximum atomic E-state index is 13.4. The van der Waals surface area contributed by atoms with E-state index in [2.05, 4.69) is 4.90 Å². The van der Waals surface area contributed by atoms with E-state index >= 15 is 0 Å². The number of ether oxygens (including phenoxy) is 3. The second-order valence-corrected chi connectivity index (χ2v) is 8.40. The van der Waals surface area contributed by atoms with E-state index in [1.807, 2.05) is 0 Å². The Labute approximate surface area is 201 Å². The lowest BCUT2D eigenvalue weighted by Gasteiger charge is -2.26. The Balaban J connectivity index is 1.85. The van der Waals surface area contributed by atoms with Gasteiger partial charge < -0.3 is 28.3 Å². The zero-order valence-corrected chi connectivity index (χ0v) is 19.9. The number of carbonyl (C=O) groups excluding carboxylic acids is 1. The van der Waals surface area contributed by atoms with Crippen LogP contribution >= 0.6 is 0 Å². The van der Waals surface area contributed by atoms with Gasteiger partial charge in [-0.2, -0.15) is 0 Å². The van der Waals surface area contributed by atoms with E-state index in [0.29, 0.717) is 55.3 Å². The number of methoxy groups -OCH3 is 2. The molecule has 0 bridgehead atoms. The molecule has 10 nitrogen and oxygen atoms in total. The Kier molecular flexibility index (Phi) is 7.23. The smallest absolute Gasteiger partial charge is 0.306 e. The van der Waals surface area contributed by atoms with Gasteiger partial charge >= 0.3 is 5.97 Å². The fourth-order valence-electron chi connectivity index (χ4n) is 4.29. The largest absolute Gasteiger partial charge is 0.502 e. The van der Waals surface area contributed by atoms with Crippen molar-refractivity contribution in [3.63, 3.8) is 0 Å². The van der Waals surface area contributed by atoms with Crippen LogP contribution in [0.1, 0.15) is 29.4 Å². The summed E-state index contributed by atoms with van der Waals surface area (Å²) in [6, 6.07) is 8.15. The highest BCUT2D eigenvalue weighted by Crippen LogP contribution is 2.33. The molecule has 3 aromatic rings. The molecule has 0 aliphatic carbocycles. The van der Waals surface area contributed by atoms with Crippen molar-refractivity contribution in [2.75, 3.05) is 40.5 Å². The van der Waals surface area contributed by atoms with E-state index in [1.54, 1.807) is 31.3 Å². The molecular weight excluding hydrogens is 456 g/mol. The second kappa shape index (κ2) is 10.3. The van der Waals surface area contributed by atoms with Gasteiger partial charge in [-0.15, -0.1) is 0 Å². The number of pyridine rings is 1. The van der Waals surface area contributed by atoms with E-state index in [9.17, 15) is 19.5 Å². The van der Waals surface area contributed by atoms with Crippen LogP contribution in [0.2, 0.25) is 0 Å². The van der Waals surface area contributed by atoms with E-state index in [1.165, 1.54) is 24.9 Å². The number of hydrogen-bond acceptors (Lipinski definition) is 9. The lowest BCUT2D eigenvalue weighted by Crippen LogP contribution is -2.35. The molecule has 1 aliphatic rings. The molecule has 0 radical (unpaired) electrons. The second-order valence-electron chi connectivity index (χ2n) is 8.40. The van der Waals surface area contributed by atoms with Crippen LogP contribution in [0.3, 0.4) is 0 Å². The molecule has 0 spiro atoms. The molecule has 4 rings (SSSR count). The number of rotatable bonds is 7. The van der Waals surface area contributed by atoms with E-state index in [-0.39, 0.29) is 17.7 Å². The zero-order chi connectivity index (χ0) is 25.1. The number of benzene rings is 1. The van der Waals surface area contributed by atoms with E-state index < -0.39 is 28.6 Å². The number of nitrogens with zero attached hydrogens (tertiary/aromatic N) is 2. The Morgan fingerprint density at radius 3 is 2.57 bits per heavy atom. The predicted octanol–water partition coefficient (Wildman–Crippen LogP) is 1.73. The molecule has 1 fully saturated rings. The molecule has 1 N–H and O–H groups in total. The first-order chi connectivity index (χ1) is 16.8. The van der Waals surface area contributed by atoms with Crippen molar-refractivity contribution in [3.8, 4) is 11.5 Å². The third kappa shape index (κ3) is 5.08. The molecule has 1 aromatic carbocycles. The maximum Gasteiger partial charge on any atom is 0.306 e. The van der Waals surface area contributed by atoms with Gasteiger partial charge in [0.2, 0.25) is 11.2 Å². The molecule has 186 valence electrons. The topological polar surface area (TPSA) is 120 Å². The monoisotopic (exact) mass is 484 g/mol. The van der Waals surface area contributed by atoms with Crippen LogP contribution in [-0.4, -0.2) is 61.1 Å². The minimum absolute atomic E-state index is 0.142. The van der Waals surface area contributed by atoms with Gasteiger partial charge in [0.15, 0.2) is 5.76 Å². The van der Waals surface area contributed by atoms with Gasteiger partial charge in [-0.25, -0.2) is 0 Å². The zero-order valence-electron chi connectivity index (χ0n) is 19.9. The summed E-state index contributed by atoms with van der Waals surface area (Å²) in [5.41, 5.74) is -0.230. The first kappa shape index (κ1) is 24.5. The Morgan fingerprint density at radius 2 is 1.89 bits per heavy atom. The number of aromatic hydroxyl groups is 1. The quantitative estimate of drug-likeness (QED) is 0.500. The van der Waals surface area contributed by atoms with Gasteiger partial charge in [0.05, 0.1) is 51.8 Å². The Morgan fingerprint density at radius 1 is 1.14 bits per heavy atom. The lowest BCUT2D eigenvalue weighted by atomic mass is 9.92. The summed E-state index contributed by atoms with van der Waals surface area (Å²) < 4.78 is 22.9. The number of fused-ring (bicyclic) bond motifs is 1. The minimum Gasteiger partial charge on any atom is -0.502 e. The molecule has 1 aliphatic heterocycles. The van der Waals surface area contributed by atoms with Gasteiger partial charge in [0.25, 0.3) is 5.56 Å². The molecule has 0 unspecified atom stereocenters. The number of morpholine rings is 1. The molecule has 35 heavy (non-hydrogen) atoms. The Bertz CT molecular complexity index is 1350. The lowest BCUT2D eigenvalue weighted by molar-refractivity contribution is -0.140. The first-order valence-electron chi connectivity index (χ1n) is 11.2. The average Bonchev–Trinajstić information content (AvgIpc) is 2.87. The van der Waals surface area contributed by atoms with Gasteiger partial charge in [-0.3, -0.25) is 19.3 Å². The van der Waals surface area contributed by atoms with Crippen molar-refractivity contribution < 1.29 is 28.5 Å². The SMILES string of the molecule is COC(=O)C[C@@H](c1oc(CN2CCOCC2)cc(=O)c1O)c1cc2ccc(OC)cc2n(C)c1=O. The third-order valence-electron chi connectivity index (χ3n) is 6.23. The van der Waals surface area contributed by atoms with Crippen LogP contribution in [0.25, 0.3) is 10.9 Å². The number of hydrogen-bond donors (Lipinski definition) is 1. The molecule has 0 saturated carbocycles. The summed E-state index contributed by atoms with van der Waals surface area (Å²) in [5, 5.41) is 11.4. The third-order valence-corrected chi connectivity index (χ3v) is 6.23. The standard InChI is InChI=1S/C25H28N2O8/c1-26-20-11-16(32-2)5-4-15(20)10-19(25(26)31)18(13-22(29)33-3)24-23(30)21(28)12-17(35-24)14-27-6-8-34-9-7-27/h4-5,10-12,18,30H,6-9,13-14H2,1-3H3/t18-/m1/s1. The molecule has 10 heteroatoms. The normalized spacial score (nSPS) is 15.2. The summed E-state index contributed by atoms with van der Waals surface area (Å²) in [5.74, 6) is -1.53. The van der Waals surface area contributed by atoms with Crippen LogP contribution < -0.4 is 15.7 Å². The summed E-state index contributed by atoms with van der Waals surface area (Å²) in [6.07, 6.45) is -0.301. The summed E-state index contributed by atoms with van der Waals surface area (Å²) >= 11 is 0. The first-order valence-corrected chi connectivity index (χ1v) is 11.2. The predicted molar refractivity (Wildman–Crippen MR) is 127 cm³/mol. The van der Waals surface area contributed by atoms with Crippen LogP contribution in [0, 0.1) is 0 Å². The summed E-state index contributed by atoms with van der Waals surface area (Å²) in [4.78, 5) is 40.5. The van der Waals surface area contributed by atoms with Crippen LogP contribution in [0.4, 0.5) is 0 Å². The number of esters is 1. The molecule has 3 heterocycles. The van der Waals surface area contributed by atoms with Crippen LogP contribution in [-0.2, 0) is 27.9 Å². The summed E-state index contributed by atoms with van der Waals surface area (Å²) in [6.45, 7) is 2.79. The Hall–Kier alpha value is -3.63. The fraction of sp³-hybridized carbons (Fsp3) is 0.400. The molecule has 1 saturated heterocycles.